The number of benzene rings is 1. The van der Waals surface area contributed by atoms with Crippen LogP contribution < -0.4 is 15.4 Å². The first-order valence-corrected chi connectivity index (χ1v) is 14.5. The summed E-state index contributed by atoms with van der Waals surface area (Å²) in [6, 6.07) is 4.41. The molecule has 0 spiro atoms. The number of ether oxygens (including phenoxy) is 3. The van der Waals surface area contributed by atoms with E-state index in [-0.39, 0.29) is 61.7 Å². The molecule has 3 rings (SSSR count). The Morgan fingerprint density at radius 3 is 2.35 bits per heavy atom. The highest BCUT2D eigenvalue weighted by atomic mass is 16.7. The lowest BCUT2D eigenvalue weighted by atomic mass is 9.99. The summed E-state index contributed by atoms with van der Waals surface area (Å²) >= 11 is 0. The molecular formula is C30H37N3O13. The molecule has 46 heavy (non-hydrogen) atoms. The number of aliphatic hydroxyl groups excluding tert-OH is 3. The summed E-state index contributed by atoms with van der Waals surface area (Å²) in [6.07, 6.45) is -2.00. The number of rotatable bonds is 16. The Bertz CT molecular complexity index is 1340. The molecule has 2 aliphatic heterocycles. The maximum atomic E-state index is 12.8. The van der Waals surface area contributed by atoms with Gasteiger partial charge in [0.2, 0.25) is 18.1 Å². The van der Waals surface area contributed by atoms with Crippen LogP contribution in [-0.2, 0) is 38.2 Å². The summed E-state index contributed by atoms with van der Waals surface area (Å²) in [5, 5.41) is 45.0. The van der Waals surface area contributed by atoms with Crippen molar-refractivity contribution in [1.29, 1.82) is 0 Å². The van der Waals surface area contributed by atoms with Crippen LogP contribution in [0.15, 0.2) is 36.4 Å². The van der Waals surface area contributed by atoms with Crippen molar-refractivity contribution in [2.75, 3.05) is 25.0 Å². The van der Waals surface area contributed by atoms with Crippen molar-refractivity contribution in [3.63, 3.8) is 0 Å². The minimum absolute atomic E-state index is 0.000108. The number of carbonyl (C=O) groups excluding carboxylic acids is 5. The molecule has 2 heterocycles. The molecule has 0 saturated carbocycles. The van der Waals surface area contributed by atoms with Crippen LogP contribution in [-0.4, -0.2) is 111 Å². The van der Waals surface area contributed by atoms with Crippen LogP contribution in [0.4, 0.5) is 5.69 Å². The molecule has 6 N–H and O–H groups in total. The Kier molecular flexibility index (Phi) is 13.4. The van der Waals surface area contributed by atoms with E-state index in [0.29, 0.717) is 24.8 Å². The first-order valence-electron chi connectivity index (χ1n) is 14.5. The summed E-state index contributed by atoms with van der Waals surface area (Å²) in [4.78, 5) is 71.7. The molecule has 0 aliphatic carbocycles. The van der Waals surface area contributed by atoms with Crippen LogP contribution in [0.2, 0.25) is 0 Å². The number of anilines is 1. The van der Waals surface area contributed by atoms with Gasteiger partial charge < -0.3 is 45.3 Å². The molecule has 250 valence electrons. The van der Waals surface area contributed by atoms with Crippen LogP contribution in [0, 0.1) is 0 Å². The average molecular weight is 648 g/mol. The Balaban J connectivity index is 1.55. The lowest BCUT2D eigenvalue weighted by Gasteiger charge is -2.38. The number of imide groups is 1. The SMILES string of the molecule is CC(=O)OC/C=C/c1ccc(O[C@@H]2O[C@H](C(=O)O)[C@@H](O)[C@H](O)[C@H]2O)c(NC(=O)CCNC(=O)CCCCCN2C(=O)C=CC2=O)c1. The number of esters is 1. The first kappa shape index (κ1) is 35.8. The number of nitrogens with one attached hydrogen (secondary N) is 2. The van der Waals surface area contributed by atoms with Crippen molar-refractivity contribution in [3.8, 4) is 5.75 Å². The fraction of sp³-hybridized carbons (Fsp3) is 0.467. The van der Waals surface area contributed by atoms with Crippen molar-refractivity contribution >= 4 is 47.3 Å². The third-order valence-corrected chi connectivity index (χ3v) is 6.89. The van der Waals surface area contributed by atoms with Crippen LogP contribution >= 0.6 is 0 Å². The molecule has 1 aromatic carbocycles. The van der Waals surface area contributed by atoms with Crippen molar-refractivity contribution in [1.82, 2.24) is 10.2 Å². The summed E-state index contributed by atoms with van der Waals surface area (Å²) in [7, 11) is 0. The van der Waals surface area contributed by atoms with E-state index in [1.807, 2.05) is 0 Å². The van der Waals surface area contributed by atoms with Crippen LogP contribution in [0.3, 0.4) is 0 Å². The number of unbranched alkanes of at least 4 members (excludes halogenated alkanes) is 2. The van der Waals surface area contributed by atoms with E-state index < -0.39 is 48.6 Å². The van der Waals surface area contributed by atoms with E-state index in [1.165, 1.54) is 31.2 Å². The molecule has 0 bridgehead atoms. The van der Waals surface area contributed by atoms with Gasteiger partial charge in [-0.1, -0.05) is 18.6 Å². The van der Waals surface area contributed by atoms with E-state index >= 15 is 0 Å². The fourth-order valence-electron chi connectivity index (χ4n) is 4.48. The number of carbonyl (C=O) groups is 6. The highest BCUT2D eigenvalue weighted by molar-refractivity contribution is 6.12. The van der Waals surface area contributed by atoms with E-state index in [2.05, 4.69) is 10.6 Å². The lowest BCUT2D eigenvalue weighted by molar-refractivity contribution is -0.271. The van der Waals surface area contributed by atoms with Crippen LogP contribution in [0.1, 0.15) is 44.6 Å². The molecule has 2 aliphatic rings. The van der Waals surface area contributed by atoms with Gasteiger partial charge in [0.25, 0.3) is 11.8 Å². The van der Waals surface area contributed by atoms with Crippen molar-refractivity contribution in [2.24, 2.45) is 0 Å². The molecule has 16 heteroatoms. The van der Waals surface area contributed by atoms with Crippen molar-refractivity contribution in [3.05, 3.63) is 42.0 Å². The number of carboxylic acids is 1. The molecule has 4 amide bonds. The third-order valence-electron chi connectivity index (χ3n) is 6.89. The highest BCUT2D eigenvalue weighted by Gasteiger charge is 2.48. The second-order valence-corrected chi connectivity index (χ2v) is 10.4. The number of nitrogens with zero attached hydrogens (tertiary/aromatic N) is 1. The van der Waals surface area contributed by atoms with Gasteiger partial charge in [0.05, 0.1) is 5.69 Å². The first-order chi connectivity index (χ1) is 21.9. The maximum Gasteiger partial charge on any atom is 0.335 e. The lowest BCUT2D eigenvalue weighted by Crippen LogP contribution is -2.61. The zero-order chi connectivity index (χ0) is 33.8. The van der Waals surface area contributed by atoms with Gasteiger partial charge in [0, 0.05) is 45.0 Å². The molecule has 0 radical (unpaired) electrons. The molecule has 0 aromatic heterocycles. The number of amides is 4. The second-order valence-electron chi connectivity index (χ2n) is 10.4. The molecule has 5 atom stereocenters. The van der Waals surface area contributed by atoms with Gasteiger partial charge in [-0.3, -0.25) is 28.9 Å². The van der Waals surface area contributed by atoms with Gasteiger partial charge in [-0.2, -0.15) is 0 Å². The Morgan fingerprint density at radius 2 is 1.67 bits per heavy atom. The van der Waals surface area contributed by atoms with Gasteiger partial charge in [-0.05, 0) is 36.6 Å². The predicted molar refractivity (Wildman–Crippen MR) is 158 cm³/mol. The smallest absolute Gasteiger partial charge is 0.335 e. The number of carboxylic acid groups (broad SMARTS) is 1. The minimum Gasteiger partial charge on any atom is -0.479 e. The Labute approximate surface area is 263 Å². The predicted octanol–water partition coefficient (Wildman–Crippen LogP) is -0.536. The standard InChI is InChI=1S/C30H37N3O13/c1-17(34)44-15-5-6-18-8-9-20(45-30-27(41)25(39)26(40)28(46-30)29(42)43)19(16-18)32-22(36)12-13-31-21(35)7-3-2-4-14-33-23(37)10-11-24(33)38/h5-6,8-11,16,25-28,30,39-41H,2-4,7,12-15H2,1H3,(H,31,35)(H,32,36)(H,42,43)/b6-5+/t25-,26-,27+,28-,30+/m0/s1. The number of aliphatic hydroxyl groups is 3. The second kappa shape index (κ2) is 17.2. The van der Waals surface area contributed by atoms with E-state index in [9.17, 15) is 49.2 Å². The number of aliphatic carboxylic acids is 1. The summed E-state index contributed by atoms with van der Waals surface area (Å²) < 4.78 is 15.7. The molecule has 1 saturated heterocycles. The van der Waals surface area contributed by atoms with Gasteiger partial charge in [0.15, 0.2) is 6.10 Å². The molecule has 1 fully saturated rings. The number of hydrogen-bond acceptors (Lipinski definition) is 12. The Hall–Kier alpha value is -4.64. The summed E-state index contributed by atoms with van der Waals surface area (Å²) in [5.41, 5.74) is 0.598. The monoisotopic (exact) mass is 647 g/mol. The quantitative estimate of drug-likeness (QED) is 0.0752. The molecule has 16 nitrogen and oxygen atoms in total. The van der Waals surface area contributed by atoms with Crippen LogP contribution in [0.5, 0.6) is 5.75 Å². The molecular weight excluding hydrogens is 610 g/mol. The van der Waals surface area contributed by atoms with E-state index in [0.717, 1.165) is 4.90 Å². The fourth-order valence-corrected chi connectivity index (χ4v) is 4.48. The van der Waals surface area contributed by atoms with Crippen LogP contribution in [0.25, 0.3) is 6.08 Å². The largest absolute Gasteiger partial charge is 0.479 e. The topological polar surface area (TPSA) is 238 Å². The summed E-state index contributed by atoms with van der Waals surface area (Å²) in [6.45, 7) is 1.52. The zero-order valence-corrected chi connectivity index (χ0v) is 25.0. The van der Waals surface area contributed by atoms with Crippen molar-refractivity contribution in [2.45, 2.75) is 69.7 Å². The van der Waals surface area contributed by atoms with Gasteiger partial charge in [-0.15, -0.1) is 0 Å². The summed E-state index contributed by atoms with van der Waals surface area (Å²) in [5.74, 6) is -3.67. The van der Waals surface area contributed by atoms with Gasteiger partial charge >= 0.3 is 11.9 Å². The van der Waals surface area contributed by atoms with Crippen molar-refractivity contribution < 1.29 is 63.4 Å². The van der Waals surface area contributed by atoms with E-state index in [1.54, 1.807) is 18.2 Å². The number of hydrogen-bond donors (Lipinski definition) is 6. The molecule has 0 unspecified atom stereocenters. The molecule has 1 aromatic rings. The highest BCUT2D eigenvalue weighted by Crippen LogP contribution is 2.31. The average Bonchev–Trinajstić information content (AvgIpc) is 3.32. The maximum absolute atomic E-state index is 12.8. The van der Waals surface area contributed by atoms with Gasteiger partial charge in [-0.25, -0.2) is 4.79 Å². The van der Waals surface area contributed by atoms with Gasteiger partial charge in [0.1, 0.15) is 30.7 Å². The zero-order valence-electron chi connectivity index (χ0n) is 25.0. The Morgan fingerprint density at radius 1 is 0.957 bits per heavy atom. The normalized spacial score (nSPS) is 22.6. The third kappa shape index (κ3) is 10.5. The van der Waals surface area contributed by atoms with E-state index in [4.69, 9.17) is 14.2 Å². The minimum atomic E-state index is -1.92.